The van der Waals surface area contributed by atoms with Gasteiger partial charge < -0.3 is 15.6 Å². The van der Waals surface area contributed by atoms with Gasteiger partial charge in [-0.3, -0.25) is 0 Å². The Kier molecular flexibility index (Phi) is 3.92. The van der Waals surface area contributed by atoms with E-state index < -0.39 is 5.97 Å². The van der Waals surface area contributed by atoms with E-state index in [9.17, 15) is 9.90 Å². The van der Waals surface area contributed by atoms with Crippen LogP contribution in [0.2, 0.25) is 5.02 Å². The van der Waals surface area contributed by atoms with E-state index in [-0.39, 0.29) is 17.9 Å². The fourth-order valence-corrected chi connectivity index (χ4v) is 1.79. The van der Waals surface area contributed by atoms with Crippen molar-refractivity contribution < 1.29 is 14.6 Å². The normalized spacial score (nSPS) is 10.2. The van der Waals surface area contributed by atoms with Crippen molar-refractivity contribution in [1.82, 2.24) is 0 Å². The maximum absolute atomic E-state index is 11.8. The summed E-state index contributed by atoms with van der Waals surface area (Å²) in [5, 5.41) is 10.2. The minimum Gasteiger partial charge on any atom is -0.507 e. The number of phenolic OH excluding ortho intramolecular Hbond substituents is 1. The van der Waals surface area contributed by atoms with Crippen molar-refractivity contribution in [1.29, 1.82) is 0 Å². The van der Waals surface area contributed by atoms with Gasteiger partial charge in [-0.25, -0.2) is 4.79 Å². The SMILES string of the molecule is Nc1ccc(C(=O)OCc2cccc(Cl)c2)c(O)c1. The van der Waals surface area contributed by atoms with Gasteiger partial charge in [-0.15, -0.1) is 0 Å². The number of esters is 1. The van der Waals surface area contributed by atoms with Crippen LogP contribution in [-0.4, -0.2) is 11.1 Å². The Bertz CT molecular complexity index is 613. The second-order valence-electron chi connectivity index (χ2n) is 3.98. The number of rotatable bonds is 3. The lowest BCUT2D eigenvalue weighted by Crippen LogP contribution is -2.05. The van der Waals surface area contributed by atoms with Crippen LogP contribution in [0.3, 0.4) is 0 Å². The molecule has 0 heterocycles. The number of ether oxygens (including phenoxy) is 1. The standard InChI is InChI=1S/C14H12ClNO3/c15-10-3-1-2-9(6-10)8-19-14(18)12-5-4-11(16)7-13(12)17/h1-7,17H,8,16H2. The zero-order valence-electron chi connectivity index (χ0n) is 9.97. The van der Waals surface area contributed by atoms with E-state index in [0.29, 0.717) is 10.7 Å². The smallest absolute Gasteiger partial charge is 0.342 e. The van der Waals surface area contributed by atoms with E-state index in [1.165, 1.54) is 18.2 Å². The number of benzene rings is 2. The van der Waals surface area contributed by atoms with E-state index in [1.807, 2.05) is 0 Å². The number of aromatic hydroxyl groups is 1. The molecule has 0 spiro atoms. The first-order valence-corrected chi connectivity index (χ1v) is 5.94. The van der Waals surface area contributed by atoms with Gasteiger partial charge in [0.05, 0.1) is 0 Å². The molecule has 0 bridgehead atoms. The molecule has 0 fully saturated rings. The monoisotopic (exact) mass is 277 g/mol. The van der Waals surface area contributed by atoms with E-state index in [0.717, 1.165) is 5.56 Å². The van der Waals surface area contributed by atoms with Gasteiger partial charge in [0.2, 0.25) is 0 Å². The molecule has 0 saturated carbocycles. The molecule has 0 amide bonds. The van der Waals surface area contributed by atoms with E-state index >= 15 is 0 Å². The third kappa shape index (κ3) is 3.39. The van der Waals surface area contributed by atoms with Crippen molar-refractivity contribution in [3.05, 3.63) is 58.6 Å². The molecule has 2 aromatic rings. The molecule has 2 aromatic carbocycles. The molecule has 3 N–H and O–H groups in total. The lowest BCUT2D eigenvalue weighted by Gasteiger charge is -2.07. The minimum absolute atomic E-state index is 0.0798. The Morgan fingerprint density at radius 2 is 2.05 bits per heavy atom. The zero-order valence-corrected chi connectivity index (χ0v) is 10.7. The van der Waals surface area contributed by atoms with Gasteiger partial charge in [-0.1, -0.05) is 23.7 Å². The summed E-state index contributed by atoms with van der Waals surface area (Å²) in [6.45, 7) is 0.0865. The molecule has 19 heavy (non-hydrogen) atoms. The molecule has 4 nitrogen and oxygen atoms in total. The summed E-state index contributed by atoms with van der Waals surface area (Å²) < 4.78 is 5.09. The lowest BCUT2D eigenvalue weighted by atomic mass is 10.2. The Labute approximate surface area is 115 Å². The second-order valence-corrected chi connectivity index (χ2v) is 4.42. The highest BCUT2D eigenvalue weighted by atomic mass is 35.5. The van der Waals surface area contributed by atoms with Crippen LogP contribution >= 0.6 is 11.6 Å². The summed E-state index contributed by atoms with van der Waals surface area (Å²) in [5.74, 6) is -0.812. The van der Waals surface area contributed by atoms with Gasteiger partial charge in [-0.2, -0.15) is 0 Å². The summed E-state index contributed by atoms with van der Waals surface area (Å²) >= 11 is 5.83. The number of nitrogen functional groups attached to an aromatic ring is 1. The number of anilines is 1. The van der Waals surface area contributed by atoms with Gasteiger partial charge in [0.15, 0.2) is 0 Å². The number of carbonyl (C=O) groups excluding carboxylic acids is 1. The molecule has 0 aliphatic heterocycles. The molecule has 0 aliphatic carbocycles. The number of hydrogen-bond acceptors (Lipinski definition) is 4. The van der Waals surface area contributed by atoms with Crippen molar-refractivity contribution in [3.63, 3.8) is 0 Å². The molecule has 5 heteroatoms. The van der Waals surface area contributed by atoms with Crippen molar-refractivity contribution in [2.24, 2.45) is 0 Å². The van der Waals surface area contributed by atoms with Gasteiger partial charge in [0.1, 0.15) is 17.9 Å². The Morgan fingerprint density at radius 1 is 1.26 bits per heavy atom. The van der Waals surface area contributed by atoms with Crippen LogP contribution in [0, 0.1) is 0 Å². The average molecular weight is 278 g/mol. The largest absolute Gasteiger partial charge is 0.507 e. The maximum Gasteiger partial charge on any atom is 0.342 e. The fourth-order valence-electron chi connectivity index (χ4n) is 1.57. The first-order valence-electron chi connectivity index (χ1n) is 5.56. The van der Waals surface area contributed by atoms with Crippen LogP contribution in [0.1, 0.15) is 15.9 Å². The number of halogens is 1. The van der Waals surface area contributed by atoms with E-state index in [2.05, 4.69) is 0 Å². The Hall–Kier alpha value is -2.20. The molecule has 0 atom stereocenters. The third-order valence-electron chi connectivity index (χ3n) is 2.50. The zero-order chi connectivity index (χ0) is 13.8. The average Bonchev–Trinajstić information content (AvgIpc) is 2.36. The van der Waals surface area contributed by atoms with Crippen molar-refractivity contribution in [2.75, 3.05) is 5.73 Å². The summed E-state index contributed by atoms with van der Waals surface area (Å²) in [6.07, 6.45) is 0. The van der Waals surface area contributed by atoms with Gasteiger partial charge in [0, 0.05) is 16.8 Å². The van der Waals surface area contributed by atoms with Crippen LogP contribution in [-0.2, 0) is 11.3 Å². The van der Waals surface area contributed by atoms with Gasteiger partial charge >= 0.3 is 5.97 Å². The number of nitrogens with two attached hydrogens (primary N) is 1. The lowest BCUT2D eigenvalue weighted by molar-refractivity contribution is 0.0469. The van der Waals surface area contributed by atoms with Crippen LogP contribution < -0.4 is 5.73 Å². The molecular weight excluding hydrogens is 266 g/mol. The summed E-state index contributed by atoms with van der Waals surface area (Å²) in [5.41, 5.74) is 6.71. The molecule has 0 unspecified atom stereocenters. The molecule has 0 aliphatic rings. The molecular formula is C14H12ClNO3. The first kappa shape index (κ1) is 13.2. The van der Waals surface area contributed by atoms with Crippen LogP contribution in [0.5, 0.6) is 5.75 Å². The first-order chi connectivity index (χ1) is 9.06. The second kappa shape index (κ2) is 5.63. The highest BCUT2D eigenvalue weighted by molar-refractivity contribution is 6.30. The van der Waals surface area contributed by atoms with Crippen LogP contribution in [0.4, 0.5) is 5.69 Å². The predicted octanol–water partition coefficient (Wildman–Crippen LogP) is 2.98. The number of carbonyl (C=O) groups is 1. The number of phenols is 1. The van der Waals surface area contributed by atoms with Gasteiger partial charge in [0.25, 0.3) is 0 Å². The predicted molar refractivity (Wildman–Crippen MR) is 73.1 cm³/mol. The van der Waals surface area contributed by atoms with Crippen LogP contribution in [0.25, 0.3) is 0 Å². The van der Waals surface area contributed by atoms with E-state index in [4.69, 9.17) is 22.1 Å². The quantitative estimate of drug-likeness (QED) is 0.668. The molecule has 0 saturated heterocycles. The Balaban J connectivity index is 2.05. The van der Waals surface area contributed by atoms with Gasteiger partial charge in [-0.05, 0) is 29.8 Å². The Morgan fingerprint density at radius 3 is 2.74 bits per heavy atom. The van der Waals surface area contributed by atoms with Crippen molar-refractivity contribution in [3.8, 4) is 5.75 Å². The number of hydrogen-bond donors (Lipinski definition) is 2. The summed E-state index contributed by atoms with van der Waals surface area (Å²) in [6, 6.07) is 11.3. The fraction of sp³-hybridized carbons (Fsp3) is 0.0714. The van der Waals surface area contributed by atoms with E-state index in [1.54, 1.807) is 24.3 Å². The molecule has 2 rings (SSSR count). The summed E-state index contributed by atoms with van der Waals surface area (Å²) in [4.78, 5) is 11.8. The van der Waals surface area contributed by atoms with Crippen molar-refractivity contribution >= 4 is 23.3 Å². The highest BCUT2D eigenvalue weighted by Crippen LogP contribution is 2.21. The minimum atomic E-state index is -0.613. The highest BCUT2D eigenvalue weighted by Gasteiger charge is 2.12. The maximum atomic E-state index is 11.8. The topological polar surface area (TPSA) is 72.6 Å². The molecule has 98 valence electrons. The summed E-state index contributed by atoms with van der Waals surface area (Å²) in [7, 11) is 0. The molecule has 0 radical (unpaired) electrons. The van der Waals surface area contributed by atoms with Crippen LogP contribution in [0.15, 0.2) is 42.5 Å². The third-order valence-corrected chi connectivity index (χ3v) is 2.74. The molecule has 0 aromatic heterocycles. The van der Waals surface area contributed by atoms with Crippen molar-refractivity contribution in [2.45, 2.75) is 6.61 Å².